The summed E-state index contributed by atoms with van der Waals surface area (Å²) in [6, 6.07) is 3.69. The Kier molecular flexibility index (Phi) is 4.22. The third-order valence-corrected chi connectivity index (χ3v) is 6.05. The van der Waals surface area contributed by atoms with E-state index < -0.39 is 9.84 Å². The fraction of sp³-hybridized carbons (Fsp3) is 0.625. The molecular weight excluding hydrogens is 286 g/mol. The van der Waals surface area contributed by atoms with Crippen molar-refractivity contribution in [3.63, 3.8) is 0 Å². The standard InChI is InChI=1S/C16H23NO3S/c1-13-7-8-16(20-13)15-12-21(18,19)10-9-17(15)11-14-5-3-2-4-6-14/h5,7-8,15H,2-4,6,9-12H2,1H3/t15-/m0/s1. The lowest BCUT2D eigenvalue weighted by molar-refractivity contribution is 0.203. The third kappa shape index (κ3) is 3.58. The fourth-order valence-corrected chi connectivity index (χ4v) is 4.77. The van der Waals surface area contributed by atoms with Crippen LogP contribution in [0.4, 0.5) is 0 Å². The van der Waals surface area contributed by atoms with Gasteiger partial charge in [-0.15, -0.1) is 0 Å². The molecule has 116 valence electrons. The molecule has 1 aliphatic carbocycles. The van der Waals surface area contributed by atoms with Gasteiger partial charge in [-0.1, -0.05) is 11.6 Å². The van der Waals surface area contributed by atoms with Gasteiger partial charge in [-0.25, -0.2) is 8.42 Å². The summed E-state index contributed by atoms with van der Waals surface area (Å²) in [6.45, 7) is 3.37. The van der Waals surface area contributed by atoms with Crippen molar-refractivity contribution in [1.29, 1.82) is 0 Å². The van der Waals surface area contributed by atoms with Crippen LogP contribution in [0.3, 0.4) is 0 Å². The predicted octanol–water partition coefficient (Wildman–Crippen LogP) is 2.86. The van der Waals surface area contributed by atoms with Crippen LogP contribution in [-0.4, -0.2) is 37.9 Å². The van der Waals surface area contributed by atoms with E-state index in [1.54, 1.807) is 0 Å². The third-order valence-electron chi connectivity index (χ3n) is 4.42. The van der Waals surface area contributed by atoms with E-state index in [4.69, 9.17) is 4.42 Å². The van der Waals surface area contributed by atoms with Crippen LogP contribution in [0.5, 0.6) is 0 Å². The summed E-state index contributed by atoms with van der Waals surface area (Å²) in [4.78, 5) is 2.27. The van der Waals surface area contributed by atoms with E-state index in [1.165, 1.54) is 18.4 Å². The van der Waals surface area contributed by atoms with Gasteiger partial charge in [-0.05, 0) is 44.7 Å². The molecular formula is C16H23NO3S. The number of hydrogen-bond acceptors (Lipinski definition) is 4. The van der Waals surface area contributed by atoms with E-state index in [1.807, 2.05) is 19.1 Å². The van der Waals surface area contributed by atoms with Gasteiger partial charge in [0.2, 0.25) is 0 Å². The topological polar surface area (TPSA) is 50.5 Å². The number of sulfone groups is 1. The summed E-state index contributed by atoms with van der Waals surface area (Å²) in [6.07, 6.45) is 7.16. The van der Waals surface area contributed by atoms with Crippen LogP contribution in [0, 0.1) is 6.92 Å². The monoisotopic (exact) mass is 309 g/mol. The first-order chi connectivity index (χ1) is 10.0. The van der Waals surface area contributed by atoms with E-state index in [9.17, 15) is 8.42 Å². The Balaban J connectivity index is 1.81. The zero-order chi connectivity index (χ0) is 14.9. The molecule has 0 spiro atoms. The second-order valence-electron chi connectivity index (χ2n) is 6.16. The lowest BCUT2D eigenvalue weighted by Crippen LogP contribution is -2.43. The summed E-state index contributed by atoms with van der Waals surface area (Å²) in [7, 11) is -2.97. The highest BCUT2D eigenvalue weighted by molar-refractivity contribution is 7.91. The molecule has 1 fully saturated rings. The van der Waals surface area contributed by atoms with Crippen LogP contribution in [0.2, 0.25) is 0 Å². The Labute approximate surface area is 126 Å². The maximum absolute atomic E-state index is 12.0. The SMILES string of the molecule is Cc1ccc([C@@H]2CS(=O)(=O)CCN2CC2=CCCCC2)o1. The first kappa shape index (κ1) is 14.9. The normalized spacial score (nSPS) is 26.5. The maximum atomic E-state index is 12.0. The summed E-state index contributed by atoms with van der Waals surface area (Å²) < 4.78 is 29.7. The zero-order valence-corrected chi connectivity index (χ0v) is 13.4. The van der Waals surface area contributed by atoms with E-state index >= 15 is 0 Å². The minimum atomic E-state index is -2.97. The van der Waals surface area contributed by atoms with Crippen molar-refractivity contribution in [3.05, 3.63) is 35.3 Å². The Morgan fingerprint density at radius 2 is 2.19 bits per heavy atom. The molecule has 1 aromatic heterocycles. The molecule has 2 aliphatic rings. The smallest absolute Gasteiger partial charge is 0.153 e. The van der Waals surface area contributed by atoms with Crippen LogP contribution in [0.1, 0.15) is 43.2 Å². The molecule has 0 amide bonds. The lowest BCUT2D eigenvalue weighted by atomic mass is 9.98. The Bertz CT molecular complexity index is 630. The van der Waals surface area contributed by atoms with Gasteiger partial charge in [0, 0.05) is 13.1 Å². The van der Waals surface area contributed by atoms with Crippen LogP contribution in [0.15, 0.2) is 28.2 Å². The van der Waals surface area contributed by atoms with E-state index in [0.717, 1.165) is 30.9 Å². The quantitative estimate of drug-likeness (QED) is 0.806. The van der Waals surface area contributed by atoms with Crippen molar-refractivity contribution in [2.75, 3.05) is 24.6 Å². The zero-order valence-electron chi connectivity index (χ0n) is 12.5. The van der Waals surface area contributed by atoms with E-state index in [0.29, 0.717) is 6.54 Å². The molecule has 4 nitrogen and oxygen atoms in total. The van der Waals surface area contributed by atoms with Crippen LogP contribution in [-0.2, 0) is 9.84 Å². The van der Waals surface area contributed by atoms with Crippen molar-refractivity contribution in [1.82, 2.24) is 4.90 Å². The van der Waals surface area contributed by atoms with Crippen LogP contribution in [0.25, 0.3) is 0 Å². The van der Waals surface area contributed by atoms with Gasteiger partial charge < -0.3 is 4.42 Å². The van der Waals surface area contributed by atoms with Crippen molar-refractivity contribution in [2.24, 2.45) is 0 Å². The van der Waals surface area contributed by atoms with Gasteiger partial charge >= 0.3 is 0 Å². The number of aryl methyl sites for hydroxylation is 1. The molecule has 3 rings (SSSR count). The first-order valence-electron chi connectivity index (χ1n) is 7.72. The van der Waals surface area contributed by atoms with Gasteiger partial charge in [0.15, 0.2) is 9.84 Å². The second-order valence-corrected chi connectivity index (χ2v) is 8.39. The molecule has 1 aliphatic heterocycles. The summed E-state index contributed by atoms with van der Waals surface area (Å²) in [5.41, 5.74) is 1.45. The predicted molar refractivity (Wildman–Crippen MR) is 83.0 cm³/mol. The van der Waals surface area contributed by atoms with E-state index in [-0.39, 0.29) is 17.5 Å². The molecule has 0 aromatic carbocycles. The molecule has 0 N–H and O–H groups in total. The Morgan fingerprint density at radius 3 is 2.86 bits per heavy atom. The molecule has 0 unspecified atom stereocenters. The highest BCUT2D eigenvalue weighted by Gasteiger charge is 2.34. The molecule has 5 heteroatoms. The van der Waals surface area contributed by atoms with Gasteiger partial charge in [-0.2, -0.15) is 0 Å². The number of nitrogens with zero attached hydrogens (tertiary/aromatic N) is 1. The number of allylic oxidation sites excluding steroid dienone is 1. The summed E-state index contributed by atoms with van der Waals surface area (Å²) in [5, 5.41) is 0. The Morgan fingerprint density at radius 1 is 1.33 bits per heavy atom. The minimum absolute atomic E-state index is 0.139. The molecule has 0 saturated carbocycles. The highest BCUT2D eigenvalue weighted by atomic mass is 32.2. The van der Waals surface area contributed by atoms with Gasteiger partial charge in [-0.3, -0.25) is 4.90 Å². The van der Waals surface area contributed by atoms with Crippen molar-refractivity contribution in [3.8, 4) is 0 Å². The molecule has 1 aromatic rings. The van der Waals surface area contributed by atoms with Gasteiger partial charge in [0.05, 0.1) is 17.5 Å². The molecule has 21 heavy (non-hydrogen) atoms. The highest BCUT2D eigenvalue weighted by Crippen LogP contribution is 2.30. The van der Waals surface area contributed by atoms with Crippen molar-refractivity contribution < 1.29 is 12.8 Å². The van der Waals surface area contributed by atoms with Gasteiger partial charge in [0.25, 0.3) is 0 Å². The molecule has 2 heterocycles. The minimum Gasteiger partial charge on any atom is -0.465 e. The largest absolute Gasteiger partial charge is 0.465 e. The van der Waals surface area contributed by atoms with Crippen LogP contribution >= 0.6 is 0 Å². The van der Waals surface area contributed by atoms with Crippen LogP contribution < -0.4 is 0 Å². The maximum Gasteiger partial charge on any atom is 0.153 e. The Hall–Kier alpha value is -1.07. The molecule has 0 bridgehead atoms. The van der Waals surface area contributed by atoms with Crippen molar-refractivity contribution >= 4 is 9.84 Å². The van der Waals surface area contributed by atoms with Gasteiger partial charge in [0.1, 0.15) is 11.5 Å². The average molecular weight is 309 g/mol. The van der Waals surface area contributed by atoms with Crippen molar-refractivity contribution in [2.45, 2.75) is 38.6 Å². The van der Waals surface area contributed by atoms with E-state index in [2.05, 4.69) is 11.0 Å². The molecule has 1 saturated heterocycles. The summed E-state index contributed by atoms with van der Waals surface area (Å²) in [5.74, 6) is 2.06. The number of rotatable bonds is 3. The fourth-order valence-electron chi connectivity index (χ4n) is 3.23. The number of furan rings is 1. The first-order valence-corrected chi connectivity index (χ1v) is 9.54. The number of hydrogen-bond donors (Lipinski definition) is 0. The molecule has 0 radical (unpaired) electrons. The average Bonchev–Trinajstić information content (AvgIpc) is 2.88. The molecule has 1 atom stereocenters. The lowest BCUT2D eigenvalue weighted by Gasteiger charge is -2.35. The second kappa shape index (κ2) is 5.97. The summed E-state index contributed by atoms with van der Waals surface area (Å²) >= 11 is 0.